The number of pyridine rings is 1. The highest BCUT2D eigenvalue weighted by molar-refractivity contribution is 14.0. The van der Waals surface area contributed by atoms with E-state index in [4.69, 9.17) is 16.6 Å². The molecule has 0 saturated carbocycles. The van der Waals surface area contributed by atoms with Crippen LogP contribution in [0.4, 0.5) is 0 Å². The zero-order valence-corrected chi connectivity index (χ0v) is 17.7. The Kier molecular flexibility index (Phi) is 10.3. The number of nitrogens with zero attached hydrogens (tertiary/aromatic N) is 3. The second-order valence-electron chi connectivity index (χ2n) is 5.32. The molecule has 1 aromatic heterocycles. The number of halogens is 2. The molecular formula is C16H26ClIN4S. The quantitative estimate of drug-likeness (QED) is 0.310. The summed E-state index contributed by atoms with van der Waals surface area (Å²) in [4.78, 5) is 11.3. The van der Waals surface area contributed by atoms with Crippen molar-refractivity contribution in [2.75, 3.05) is 31.9 Å². The molecule has 0 radical (unpaired) electrons. The van der Waals surface area contributed by atoms with E-state index in [9.17, 15) is 0 Å². The second-order valence-corrected chi connectivity index (χ2v) is 7.12. The monoisotopic (exact) mass is 468 g/mol. The highest BCUT2D eigenvalue weighted by atomic mass is 127. The molecule has 0 bridgehead atoms. The van der Waals surface area contributed by atoms with E-state index in [-0.39, 0.29) is 24.0 Å². The van der Waals surface area contributed by atoms with E-state index in [0.29, 0.717) is 5.15 Å². The zero-order chi connectivity index (χ0) is 15.8. The largest absolute Gasteiger partial charge is 0.357 e. The average molecular weight is 469 g/mol. The molecule has 2 heterocycles. The maximum absolute atomic E-state index is 5.81. The number of nitrogens with one attached hydrogen (secondary N) is 1. The van der Waals surface area contributed by atoms with Crippen molar-refractivity contribution in [2.24, 2.45) is 4.99 Å². The molecule has 1 fully saturated rings. The number of rotatable bonds is 5. The van der Waals surface area contributed by atoms with Crippen LogP contribution in [0, 0.1) is 0 Å². The molecule has 1 aliphatic heterocycles. The summed E-state index contributed by atoms with van der Waals surface area (Å²) in [5.74, 6) is 2.23. The summed E-state index contributed by atoms with van der Waals surface area (Å²) in [6.45, 7) is 8.23. The first-order valence-electron chi connectivity index (χ1n) is 7.98. The van der Waals surface area contributed by atoms with Crippen LogP contribution in [0.2, 0.25) is 5.15 Å². The highest BCUT2D eigenvalue weighted by Gasteiger charge is 2.21. The van der Waals surface area contributed by atoms with E-state index in [1.165, 1.54) is 17.7 Å². The fourth-order valence-corrected chi connectivity index (χ4v) is 3.72. The van der Waals surface area contributed by atoms with Gasteiger partial charge >= 0.3 is 0 Å². The van der Waals surface area contributed by atoms with Gasteiger partial charge in [-0.15, -0.1) is 24.0 Å². The first-order chi connectivity index (χ1) is 10.7. The van der Waals surface area contributed by atoms with Crippen molar-refractivity contribution >= 4 is 53.3 Å². The third-order valence-corrected chi connectivity index (χ3v) is 5.27. The van der Waals surface area contributed by atoms with Crippen LogP contribution in [0.25, 0.3) is 0 Å². The Morgan fingerprint density at radius 1 is 1.48 bits per heavy atom. The molecule has 7 heteroatoms. The maximum Gasteiger partial charge on any atom is 0.193 e. The van der Waals surface area contributed by atoms with E-state index in [1.807, 2.05) is 18.3 Å². The van der Waals surface area contributed by atoms with Crippen molar-refractivity contribution < 1.29 is 0 Å². The third kappa shape index (κ3) is 7.05. The molecule has 0 aliphatic carbocycles. The van der Waals surface area contributed by atoms with Crippen LogP contribution < -0.4 is 5.32 Å². The Labute approximate surface area is 165 Å². The minimum absolute atomic E-state index is 0. The molecule has 0 amide bonds. The standard InChI is InChI=1S/C16H25ClN4S.HI/c1-3-14-12-21(9-10-22-14)16(18-4-2)19-8-7-13-5-6-15(17)20-11-13;/h5-6,11,14H,3-4,7-10,12H2,1-2H3,(H,18,19);1H. The van der Waals surface area contributed by atoms with Crippen molar-refractivity contribution in [1.29, 1.82) is 0 Å². The number of thioether (sulfide) groups is 1. The summed E-state index contributed by atoms with van der Waals surface area (Å²) >= 11 is 7.89. The minimum Gasteiger partial charge on any atom is -0.357 e. The van der Waals surface area contributed by atoms with E-state index in [2.05, 4.69) is 40.8 Å². The number of hydrogen-bond donors (Lipinski definition) is 1. The summed E-state index contributed by atoms with van der Waals surface area (Å²) < 4.78 is 0. The van der Waals surface area contributed by atoms with Crippen LogP contribution >= 0.6 is 47.3 Å². The molecule has 23 heavy (non-hydrogen) atoms. The molecule has 0 spiro atoms. The van der Waals surface area contributed by atoms with Gasteiger partial charge in [0.05, 0.1) is 0 Å². The smallest absolute Gasteiger partial charge is 0.193 e. The lowest BCUT2D eigenvalue weighted by atomic mass is 10.2. The van der Waals surface area contributed by atoms with Gasteiger partial charge in [-0.1, -0.05) is 24.6 Å². The van der Waals surface area contributed by atoms with Gasteiger partial charge in [0.25, 0.3) is 0 Å². The van der Waals surface area contributed by atoms with Gasteiger partial charge in [0.2, 0.25) is 0 Å². The van der Waals surface area contributed by atoms with Gasteiger partial charge in [0.15, 0.2) is 5.96 Å². The summed E-state index contributed by atoms with van der Waals surface area (Å²) in [6, 6.07) is 3.85. The van der Waals surface area contributed by atoms with Gasteiger partial charge in [-0.05, 0) is 31.4 Å². The van der Waals surface area contributed by atoms with E-state index >= 15 is 0 Å². The van der Waals surface area contributed by atoms with Crippen LogP contribution in [0.3, 0.4) is 0 Å². The normalized spacial score (nSPS) is 18.5. The summed E-state index contributed by atoms with van der Waals surface area (Å²) in [5.41, 5.74) is 1.17. The molecular weight excluding hydrogens is 443 g/mol. The molecule has 0 aromatic carbocycles. The van der Waals surface area contributed by atoms with Crippen molar-refractivity contribution in [3.05, 3.63) is 29.0 Å². The van der Waals surface area contributed by atoms with Crippen molar-refractivity contribution in [1.82, 2.24) is 15.2 Å². The second kappa shape index (κ2) is 11.4. The Morgan fingerprint density at radius 3 is 2.96 bits per heavy atom. The van der Waals surface area contributed by atoms with E-state index in [1.54, 1.807) is 0 Å². The number of guanidine groups is 1. The van der Waals surface area contributed by atoms with Crippen LogP contribution in [0.5, 0.6) is 0 Å². The van der Waals surface area contributed by atoms with Gasteiger partial charge in [-0.2, -0.15) is 11.8 Å². The fraction of sp³-hybridized carbons (Fsp3) is 0.625. The maximum atomic E-state index is 5.81. The average Bonchev–Trinajstić information content (AvgIpc) is 2.56. The van der Waals surface area contributed by atoms with Gasteiger partial charge in [0, 0.05) is 43.4 Å². The van der Waals surface area contributed by atoms with Crippen molar-refractivity contribution in [3.8, 4) is 0 Å². The molecule has 1 saturated heterocycles. The third-order valence-electron chi connectivity index (χ3n) is 3.68. The summed E-state index contributed by atoms with van der Waals surface area (Å²) in [5, 5.41) is 4.68. The van der Waals surface area contributed by atoms with Crippen molar-refractivity contribution in [2.45, 2.75) is 31.9 Å². The van der Waals surface area contributed by atoms with Gasteiger partial charge in [-0.3, -0.25) is 4.99 Å². The van der Waals surface area contributed by atoms with Crippen LogP contribution in [-0.2, 0) is 6.42 Å². The molecule has 1 aliphatic rings. The number of aliphatic imine (C=N–C) groups is 1. The Bertz CT molecular complexity index is 483. The number of hydrogen-bond acceptors (Lipinski definition) is 3. The van der Waals surface area contributed by atoms with Gasteiger partial charge < -0.3 is 10.2 Å². The predicted octanol–water partition coefficient (Wildman–Crippen LogP) is 3.69. The van der Waals surface area contributed by atoms with Crippen LogP contribution in [0.15, 0.2) is 23.3 Å². The summed E-state index contributed by atoms with van der Waals surface area (Å²) in [7, 11) is 0. The van der Waals surface area contributed by atoms with Crippen molar-refractivity contribution in [3.63, 3.8) is 0 Å². The Balaban J connectivity index is 0.00000264. The van der Waals surface area contributed by atoms with Crippen LogP contribution in [0.1, 0.15) is 25.8 Å². The van der Waals surface area contributed by atoms with E-state index < -0.39 is 0 Å². The lowest BCUT2D eigenvalue weighted by Crippen LogP contribution is -2.48. The fourth-order valence-electron chi connectivity index (χ4n) is 2.43. The molecule has 2 rings (SSSR count). The molecule has 1 aromatic rings. The molecule has 1 N–H and O–H groups in total. The Hall–Kier alpha value is -0.210. The molecule has 1 atom stereocenters. The summed E-state index contributed by atoms with van der Waals surface area (Å²) in [6.07, 6.45) is 3.94. The minimum atomic E-state index is 0. The SMILES string of the molecule is CCNC(=NCCc1ccc(Cl)nc1)N1CCSC(CC)C1.I. The molecule has 130 valence electrons. The van der Waals surface area contributed by atoms with E-state index in [0.717, 1.165) is 43.8 Å². The first-order valence-corrected chi connectivity index (χ1v) is 9.40. The zero-order valence-electron chi connectivity index (χ0n) is 13.8. The lowest BCUT2D eigenvalue weighted by Gasteiger charge is -2.34. The molecule has 1 unspecified atom stereocenters. The molecule has 4 nitrogen and oxygen atoms in total. The highest BCUT2D eigenvalue weighted by Crippen LogP contribution is 2.21. The predicted molar refractivity (Wildman–Crippen MR) is 112 cm³/mol. The van der Waals surface area contributed by atoms with Crippen LogP contribution in [-0.4, -0.2) is 53.0 Å². The topological polar surface area (TPSA) is 40.5 Å². The van der Waals surface area contributed by atoms with Gasteiger partial charge in [0.1, 0.15) is 5.15 Å². The van der Waals surface area contributed by atoms with Gasteiger partial charge in [-0.25, -0.2) is 4.98 Å². The number of aromatic nitrogens is 1. The first kappa shape index (κ1) is 20.8. The lowest BCUT2D eigenvalue weighted by molar-refractivity contribution is 0.408. The Morgan fingerprint density at radius 2 is 2.30 bits per heavy atom.